The Labute approximate surface area is 148 Å². The highest BCUT2D eigenvalue weighted by Crippen LogP contribution is 2.28. The second kappa shape index (κ2) is 8.03. The van der Waals surface area contributed by atoms with Gasteiger partial charge in [-0.1, -0.05) is 25.1 Å². The molecule has 5 heteroatoms. The number of hydrogen-bond donors (Lipinski definition) is 1. The van der Waals surface area contributed by atoms with Crippen LogP contribution in [0, 0.1) is 20.8 Å². The Balaban J connectivity index is 2.35. The van der Waals surface area contributed by atoms with E-state index in [1.165, 1.54) is 12.7 Å². The van der Waals surface area contributed by atoms with Crippen LogP contribution in [0.15, 0.2) is 30.3 Å². The maximum Gasteiger partial charge on any atom is 0.438 e. The number of hydrogen-bond acceptors (Lipinski definition) is 4. The number of carbonyl (C=O) groups excluding carboxylic acids is 1. The third kappa shape index (κ3) is 4.12. The lowest BCUT2D eigenvalue weighted by atomic mass is 10.0. The summed E-state index contributed by atoms with van der Waals surface area (Å²) in [5.41, 5.74) is 5.55. The van der Waals surface area contributed by atoms with Crippen molar-refractivity contribution < 1.29 is 19.5 Å². The molecule has 2 aromatic rings. The number of rotatable bonds is 5. The van der Waals surface area contributed by atoms with Gasteiger partial charge < -0.3 is 9.47 Å². The summed E-state index contributed by atoms with van der Waals surface area (Å²) in [5, 5.41) is 10.6. The second-order valence-electron chi connectivity index (χ2n) is 6.04. The van der Waals surface area contributed by atoms with Crippen molar-refractivity contribution in [3.8, 4) is 5.75 Å². The van der Waals surface area contributed by atoms with Gasteiger partial charge >= 0.3 is 6.09 Å². The van der Waals surface area contributed by atoms with Crippen molar-refractivity contribution in [2.75, 3.05) is 12.2 Å². The van der Waals surface area contributed by atoms with Gasteiger partial charge in [0.25, 0.3) is 0 Å². The van der Waals surface area contributed by atoms with Gasteiger partial charge in [0, 0.05) is 5.56 Å². The van der Waals surface area contributed by atoms with E-state index >= 15 is 0 Å². The van der Waals surface area contributed by atoms with Gasteiger partial charge in [-0.05, 0) is 61.6 Å². The van der Waals surface area contributed by atoms with Crippen molar-refractivity contribution in [3.63, 3.8) is 0 Å². The first-order valence-corrected chi connectivity index (χ1v) is 8.27. The molecule has 0 aliphatic rings. The molecule has 0 saturated heterocycles. The van der Waals surface area contributed by atoms with Gasteiger partial charge in [0.2, 0.25) is 0 Å². The molecule has 2 rings (SSSR count). The predicted molar refractivity (Wildman–Crippen MR) is 97.5 cm³/mol. The molecule has 0 spiro atoms. The summed E-state index contributed by atoms with van der Waals surface area (Å²) in [6.07, 6.45) is -0.0788. The number of carbonyl (C=O) groups is 1. The zero-order valence-electron chi connectivity index (χ0n) is 15.4. The first-order valence-electron chi connectivity index (χ1n) is 8.27. The average molecular weight is 343 g/mol. The Morgan fingerprint density at radius 2 is 1.80 bits per heavy atom. The number of aryl methyl sites for hydroxylation is 4. The standard InChI is InChI=1S/C20H25NO4/c1-6-16-8-7-9-18(21(23)20(22)24-5)17(16)12-25-19-11-14(3)13(2)10-15(19)4/h7-11,23H,6,12H2,1-5H3. The summed E-state index contributed by atoms with van der Waals surface area (Å²) in [6, 6.07) is 9.52. The third-order valence-electron chi connectivity index (χ3n) is 4.37. The Morgan fingerprint density at radius 3 is 2.44 bits per heavy atom. The van der Waals surface area contributed by atoms with Crippen LogP contribution in [-0.2, 0) is 17.8 Å². The lowest BCUT2D eigenvalue weighted by Gasteiger charge is -2.20. The number of ether oxygens (including phenoxy) is 2. The van der Waals surface area contributed by atoms with Crippen LogP contribution in [-0.4, -0.2) is 18.4 Å². The van der Waals surface area contributed by atoms with Crippen LogP contribution in [0.1, 0.15) is 34.7 Å². The highest BCUT2D eigenvalue weighted by atomic mass is 16.6. The second-order valence-corrected chi connectivity index (χ2v) is 6.04. The summed E-state index contributed by atoms with van der Waals surface area (Å²) in [7, 11) is 1.23. The zero-order valence-corrected chi connectivity index (χ0v) is 15.4. The number of amides is 1. The summed E-state index contributed by atoms with van der Waals surface area (Å²) in [6.45, 7) is 8.37. The Bertz CT molecular complexity index is 771. The molecule has 0 aliphatic heterocycles. The fourth-order valence-corrected chi connectivity index (χ4v) is 2.74. The predicted octanol–water partition coefficient (Wildman–Crippen LogP) is 4.72. The van der Waals surface area contributed by atoms with Crippen LogP contribution in [0.5, 0.6) is 5.75 Å². The number of anilines is 1. The topological polar surface area (TPSA) is 59.0 Å². The lowest BCUT2D eigenvalue weighted by molar-refractivity contribution is 0.140. The fourth-order valence-electron chi connectivity index (χ4n) is 2.74. The van der Waals surface area contributed by atoms with Crippen LogP contribution in [0.25, 0.3) is 0 Å². The monoisotopic (exact) mass is 343 g/mol. The summed E-state index contributed by atoms with van der Waals surface area (Å²) in [4.78, 5) is 11.7. The van der Waals surface area contributed by atoms with Crippen LogP contribution in [0.3, 0.4) is 0 Å². The molecular formula is C20H25NO4. The van der Waals surface area contributed by atoms with Crippen LogP contribution >= 0.6 is 0 Å². The molecule has 0 saturated carbocycles. The smallest absolute Gasteiger partial charge is 0.438 e. The molecule has 0 bridgehead atoms. The summed E-state index contributed by atoms with van der Waals surface area (Å²) >= 11 is 0. The van der Waals surface area contributed by atoms with Gasteiger partial charge in [0.15, 0.2) is 0 Å². The summed E-state index contributed by atoms with van der Waals surface area (Å²) < 4.78 is 10.6. The molecule has 5 nitrogen and oxygen atoms in total. The fraction of sp³-hybridized carbons (Fsp3) is 0.350. The first-order chi connectivity index (χ1) is 11.9. The van der Waals surface area contributed by atoms with E-state index in [1.54, 1.807) is 12.1 Å². The highest BCUT2D eigenvalue weighted by molar-refractivity contribution is 5.86. The minimum Gasteiger partial charge on any atom is -0.489 e. The van der Waals surface area contributed by atoms with Crippen molar-refractivity contribution >= 4 is 11.8 Å². The van der Waals surface area contributed by atoms with Crippen molar-refractivity contribution in [2.24, 2.45) is 0 Å². The van der Waals surface area contributed by atoms with Crippen molar-refractivity contribution in [1.29, 1.82) is 0 Å². The molecular weight excluding hydrogens is 318 g/mol. The quantitative estimate of drug-likeness (QED) is 0.630. The van der Waals surface area contributed by atoms with Gasteiger partial charge in [-0.2, -0.15) is 5.06 Å². The van der Waals surface area contributed by atoms with E-state index in [0.29, 0.717) is 10.8 Å². The highest BCUT2D eigenvalue weighted by Gasteiger charge is 2.19. The summed E-state index contributed by atoms with van der Waals surface area (Å²) in [5.74, 6) is 0.794. The molecule has 0 heterocycles. The van der Waals surface area contributed by atoms with Gasteiger partial charge in [-0.25, -0.2) is 4.79 Å². The van der Waals surface area contributed by atoms with E-state index in [1.807, 2.05) is 32.9 Å². The normalized spacial score (nSPS) is 10.5. The van der Waals surface area contributed by atoms with Crippen molar-refractivity contribution in [1.82, 2.24) is 0 Å². The number of hydroxylamine groups is 1. The lowest BCUT2D eigenvalue weighted by Crippen LogP contribution is -2.28. The van der Waals surface area contributed by atoms with E-state index in [9.17, 15) is 10.0 Å². The van der Waals surface area contributed by atoms with Crippen LogP contribution in [0.4, 0.5) is 10.5 Å². The largest absolute Gasteiger partial charge is 0.489 e. The molecule has 2 aromatic carbocycles. The van der Waals surface area contributed by atoms with Crippen molar-refractivity contribution in [2.45, 2.75) is 40.7 Å². The van der Waals surface area contributed by atoms with E-state index in [4.69, 9.17) is 4.74 Å². The molecule has 0 fully saturated rings. The average Bonchev–Trinajstić information content (AvgIpc) is 2.61. The van der Waals surface area contributed by atoms with Gasteiger partial charge in [0.1, 0.15) is 12.4 Å². The van der Waals surface area contributed by atoms with Crippen LogP contribution < -0.4 is 9.80 Å². The Kier molecular flexibility index (Phi) is 6.04. The maximum atomic E-state index is 11.7. The number of nitrogens with zero attached hydrogens (tertiary/aromatic N) is 1. The first kappa shape index (κ1) is 18.8. The molecule has 0 atom stereocenters. The van der Waals surface area contributed by atoms with Crippen molar-refractivity contribution in [3.05, 3.63) is 58.1 Å². The molecule has 0 radical (unpaired) electrons. The third-order valence-corrected chi connectivity index (χ3v) is 4.37. The molecule has 25 heavy (non-hydrogen) atoms. The number of benzene rings is 2. The Morgan fingerprint density at radius 1 is 1.12 bits per heavy atom. The van der Waals surface area contributed by atoms with E-state index in [2.05, 4.69) is 17.7 Å². The van der Waals surface area contributed by atoms with E-state index < -0.39 is 6.09 Å². The van der Waals surface area contributed by atoms with Gasteiger partial charge in [0.05, 0.1) is 12.8 Å². The molecule has 134 valence electrons. The van der Waals surface area contributed by atoms with E-state index in [0.717, 1.165) is 34.4 Å². The van der Waals surface area contributed by atoms with Gasteiger partial charge in [-0.3, -0.25) is 5.21 Å². The molecule has 0 unspecified atom stereocenters. The molecule has 1 N–H and O–H groups in total. The molecule has 0 aromatic heterocycles. The number of methoxy groups -OCH3 is 1. The van der Waals surface area contributed by atoms with E-state index in [-0.39, 0.29) is 6.61 Å². The SMILES string of the molecule is CCc1cccc(N(O)C(=O)OC)c1COc1cc(C)c(C)cc1C. The Hall–Kier alpha value is -2.53. The maximum absolute atomic E-state index is 11.7. The molecule has 0 aliphatic carbocycles. The minimum atomic E-state index is -0.836. The molecule has 1 amide bonds. The minimum absolute atomic E-state index is 0.247. The van der Waals surface area contributed by atoms with Gasteiger partial charge in [-0.15, -0.1) is 0 Å². The zero-order chi connectivity index (χ0) is 18.6. The van der Waals surface area contributed by atoms with Crippen LogP contribution in [0.2, 0.25) is 0 Å².